The Morgan fingerprint density at radius 3 is 2.83 bits per heavy atom. The van der Waals surface area contributed by atoms with Gasteiger partial charge in [0.05, 0.1) is 11.5 Å². The van der Waals surface area contributed by atoms with Crippen molar-refractivity contribution in [3.8, 4) is 0 Å². The van der Waals surface area contributed by atoms with Crippen molar-refractivity contribution in [2.24, 2.45) is 0 Å². The summed E-state index contributed by atoms with van der Waals surface area (Å²) in [4.78, 5) is 2.21. The molecule has 4 nitrogen and oxygen atoms in total. The molecule has 0 aromatic heterocycles. The third-order valence-electron chi connectivity index (χ3n) is 3.67. The van der Waals surface area contributed by atoms with Gasteiger partial charge in [-0.25, -0.2) is 8.42 Å². The molecule has 1 aromatic rings. The fourth-order valence-electron chi connectivity index (χ4n) is 2.36. The van der Waals surface area contributed by atoms with Crippen molar-refractivity contribution >= 4 is 15.5 Å². The van der Waals surface area contributed by atoms with Crippen molar-refractivity contribution in [1.29, 1.82) is 0 Å². The number of rotatable bonds is 2. The molecular formula is C13H20N2O2S. The van der Waals surface area contributed by atoms with E-state index >= 15 is 0 Å². The molecule has 1 aliphatic rings. The highest BCUT2D eigenvalue weighted by molar-refractivity contribution is 7.91. The van der Waals surface area contributed by atoms with Gasteiger partial charge in [0.25, 0.3) is 0 Å². The zero-order chi connectivity index (χ0) is 13.3. The second-order valence-corrected chi connectivity index (χ2v) is 7.29. The molecular weight excluding hydrogens is 248 g/mol. The van der Waals surface area contributed by atoms with E-state index in [1.807, 2.05) is 26.0 Å². The topological polar surface area (TPSA) is 63.4 Å². The van der Waals surface area contributed by atoms with Crippen molar-refractivity contribution in [2.75, 3.05) is 23.8 Å². The van der Waals surface area contributed by atoms with Crippen LogP contribution in [0.3, 0.4) is 0 Å². The van der Waals surface area contributed by atoms with Gasteiger partial charge in [-0.2, -0.15) is 0 Å². The molecule has 1 heterocycles. The molecule has 1 unspecified atom stereocenters. The minimum atomic E-state index is -2.84. The van der Waals surface area contributed by atoms with Crippen LogP contribution < -0.4 is 5.73 Å². The summed E-state index contributed by atoms with van der Waals surface area (Å²) in [5, 5.41) is 0. The summed E-state index contributed by atoms with van der Waals surface area (Å²) in [7, 11) is -2.84. The number of hydrogen-bond acceptors (Lipinski definition) is 4. The lowest BCUT2D eigenvalue weighted by molar-refractivity contribution is 0.218. The third kappa shape index (κ3) is 2.84. The normalized spacial score (nSPS) is 24.0. The Morgan fingerprint density at radius 1 is 1.44 bits per heavy atom. The molecule has 100 valence electrons. The average Bonchev–Trinajstić information content (AvgIpc) is 2.27. The van der Waals surface area contributed by atoms with E-state index in [2.05, 4.69) is 11.0 Å². The van der Waals surface area contributed by atoms with Gasteiger partial charge in [0.1, 0.15) is 0 Å². The molecule has 0 radical (unpaired) electrons. The minimum absolute atomic E-state index is 0.0737. The van der Waals surface area contributed by atoms with Crippen LogP contribution in [-0.2, 0) is 16.4 Å². The van der Waals surface area contributed by atoms with E-state index in [1.165, 1.54) is 5.56 Å². The van der Waals surface area contributed by atoms with E-state index in [4.69, 9.17) is 5.73 Å². The lowest BCUT2D eigenvalue weighted by Gasteiger charge is -2.33. The van der Waals surface area contributed by atoms with E-state index in [1.54, 1.807) is 0 Å². The molecule has 1 aromatic carbocycles. The first-order valence-corrected chi connectivity index (χ1v) is 7.99. The van der Waals surface area contributed by atoms with E-state index in [-0.39, 0.29) is 17.5 Å². The van der Waals surface area contributed by atoms with E-state index in [0.717, 1.165) is 17.8 Å². The first kappa shape index (κ1) is 13.4. The minimum Gasteiger partial charge on any atom is -0.399 e. The molecule has 2 N–H and O–H groups in total. The number of nitrogens with two attached hydrogens (primary N) is 1. The van der Waals surface area contributed by atoms with Crippen LogP contribution in [0.2, 0.25) is 0 Å². The lowest BCUT2D eigenvalue weighted by Crippen LogP contribution is -2.46. The molecule has 0 spiro atoms. The average molecular weight is 268 g/mol. The van der Waals surface area contributed by atoms with Crippen LogP contribution in [-0.4, -0.2) is 37.4 Å². The highest BCUT2D eigenvalue weighted by Crippen LogP contribution is 2.20. The Labute approximate surface area is 109 Å². The highest BCUT2D eigenvalue weighted by Gasteiger charge is 2.28. The SMILES string of the molecule is Cc1c(N)cccc1CN1CCS(=O)(=O)CC1C. The maximum Gasteiger partial charge on any atom is 0.153 e. The molecule has 0 bridgehead atoms. The van der Waals surface area contributed by atoms with Crippen LogP contribution in [0.15, 0.2) is 18.2 Å². The van der Waals surface area contributed by atoms with Gasteiger partial charge in [0.2, 0.25) is 0 Å². The van der Waals surface area contributed by atoms with Crippen molar-refractivity contribution in [2.45, 2.75) is 26.4 Å². The van der Waals surface area contributed by atoms with Crippen LogP contribution in [0, 0.1) is 6.92 Å². The summed E-state index contributed by atoms with van der Waals surface area (Å²) >= 11 is 0. The largest absolute Gasteiger partial charge is 0.399 e. The standard InChI is InChI=1S/C13H20N2O2S/c1-10-9-18(16,17)7-6-15(10)8-12-4-3-5-13(14)11(12)2/h3-5,10H,6-9,14H2,1-2H3. The molecule has 1 aliphatic heterocycles. The van der Waals surface area contributed by atoms with Gasteiger partial charge in [0.15, 0.2) is 9.84 Å². The summed E-state index contributed by atoms with van der Waals surface area (Å²) in [5.74, 6) is 0.521. The molecule has 0 saturated carbocycles. The van der Waals surface area contributed by atoms with Crippen LogP contribution >= 0.6 is 0 Å². The van der Waals surface area contributed by atoms with Crippen molar-refractivity contribution < 1.29 is 8.42 Å². The van der Waals surface area contributed by atoms with E-state index < -0.39 is 9.84 Å². The predicted molar refractivity (Wildman–Crippen MR) is 74.1 cm³/mol. The van der Waals surface area contributed by atoms with Gasteiger partial charge in [-0.05, 0) is 31.0 Å². The second kappa shape index (κ2) is 4.90. The van der Waals surface area contributed by atoms with Crippen LogP contribution in [0.25, 0.3) is 0 Å². The van der Waals surface area contributed by atoms with Crippen LogP contribution in [0.5, 0.6) is 0 Å². The quantitative estimate of drug-likeness (QED) is 0.819. The number of sulfone groups is 1. The van der Waals surface area contributed by atoms with Gasteiger partial charge in [-0.1, -0.05) is 12.1 Å². The number of hydrogen-bond donors (Lipinski definition) is 1. The maximum atomic E-state index is 11.5. The number of nitrogen functional groups attached to an aromatic ring is 1. The first-order valence-electron chi connectivity index (χ1n) is 6.17. The summed E-state index contributed by atoms with van der Waals surface area (Å²) < 4.78 is 23.1. The van der Waals surface area contributed by atoms with Crippen LogP contribution in [0.4, 0.5) is 5.69 Å². The molecule has 0 amide bonds. The third-order valence-corrected chi connectivity index (χ3v) is 5.46. The van der Waals surface area contributed by atoms with Crippen molar-refractivity contribution in [3.63, 3.8) is 0 Å². The molecule has 1 atom stereocenters. The zero-order valence-electron chi connectivity index (χ0n) is 10.9. The molecule has 18 heavy (non-hydrogen) atoms. The van der Waals surface area contributed by atoms with E-state index in [0.29, 0.717) is 6.54 Å². The Hall–Kier alpha value is -1.07. The smallest absolute Gasteiger partial charge is 0.153 e. The molecule has 2 rings (SSSR count). The monoisotopic (exact) mass is 268 g/mol. The summed E-state index contributed by atoms with van der Waals surface area (Å²) in [6.07, 6.45) is 0. The number of anilines is 1. The Bertz CT molecular complexity index is 540. The summed E-state index contributed by atoms with van der Waals surface area (Å²) in [6, 6.07) is 5.97. The van der Waals surface area contributed by atoms with Gasteiger partial charge in [-0.3, -0.25) is 4.90 Å². The zero-order valence-corrected chi connectivity index (χ0v) is 11.7. The van der Waals surface area contributed by atoms with Crippen molar-refractivity contribution in [3.05, 3.63) is 29.3 Å². The predicted octanol–water partition coefficient (Wildman–Crippen LogP) is 1.20. The molecule has 1 fully saturated rings. The van der Waals surface area contributed by atoms with E-state index in [9.17, 15) is 8.42 Å². The summed E-state index contributed by atoms with van der Waals surface area (Å²) in [5.41, 5.74) is 8.96. The number of nitrogens with zero attached hydrogens (tertiary/aromatic N) is 1. The molecule has 1 saturated heterocycles. The van der Waals surface area contributed by atoms with Gasteiger partial charge >= 0.3 is 0 Å². The lowest BCUT2D eigenvalue weighted by atomic mass is 10.1. The van der Waals surface area contributed by atoms with Gasteiger partial charge in [0, 0.05) is 24.8 Å². The number of benzene rings is 1. The fraction of sp³-hybridized carbons (Fsp3) is 0.538. The van der Waals surface area contributed by atoms with Crippen LogP contribution in [0.1, 0.15) is 18.1 Å². The summed E-state index contributed by atoms with van der Waals surface area (Å²) in [6.45, 7) is 5.36. The van der Waals surface area contributed by atoms with Gasteiger partial charge < -0.3 is 5.73 Å². The highest BCUT2D eigenvalue weighted by atomic mass is 32.2. The Balaban J connectivity index is 2.13. The molecule has 0 aliphatic carbocycles. The maximum absolute atomic E-state index is 11.5. The Morgan fingerprint density at radius 2 is 2.17 bits per heavy atom. The first-order chi connectivity index (χ1) is 8.39. The fourth-order valence-corrected chi connectivity index (χ4v) is 3.99. The second-order valence-electron chi connectivity index (χ2n) is 5.07. The van der Waals surface area contributed by atoms with Crippen molar-refractivity contribution in [1.82, 2.24) is 4.90 Å². The Kier molecular flexibility index (Phi) is 3.64. The van der Waals surface area contributed by atoms with Gasteiger partial charge in [-0.15, -0.1) is 0 Å². The molecule has 5 heteroatoms.